The van der Waals surface area contributed by atoms with E-state index in [1.165, 1.54) is 0 Å². The number of rotatable bonds is 4. The summed E-state index contributed by atoms with van der Waals surface area (Å²) < 4.78 is 5.69. The number of furan rings is 1. The first-order chi connectivity index (χ1) is 8.25. The molecule has 0 aromatic carbocycles. The fourth-order valence-electron chi connectivity index (χ4n) is 1.39. The van der Waals surface area contributed by atoms with Gasteiger partial charge in [0.2, 0.25) is 0 Å². The molecule has 4 nitrogen and oxygen atoms in total. The number of amides is 1. The second-order valence-corrected chi connectivity index (χ2v) is 4.25. The van der Waals surface area contributed by atoms with E-state index in [0.29, 0.717) is 17.0 Å². The lowest BCUT2D eigenvalue weighted by atomic mass is 10.2. The lowest BCUT2D eigenvalue weighted by Crippen LogP contribution is -2.25. The molecule has 88 valence electrons. The monoisotopic (exact) mass is 294 g/mol. The summed E-state index contributed by atoms with van der Waals surface area (Å²) in [5, 5.41) is 2.78. The smallest absolute Gasteiger partial charge is 0.287 e. The van der Waals surface area contributed by atoms with Crippen LogP contribution in [-0.2, 0) is 6.42 Å². The molecule has 2 heterocycles. The van der Waals surface area contributed by atoms with Crippen LogP contribution >= 0.6 is 15.9 Å². The Morgan fingerprint density at radius 2 is 2.29 bits per heavy atom. The zero-order valence-corrected chi connectivity index (χ0v) is 10.6. The molecule has 2 aromatic rings. The Morgan fingerprint density at radius 3 is 2.94 bits per heavy atom. The van der Waals surface area contributed by atoms with Gasteiger partial charge in [-0.3, -0.25) is 9.78 Å². The van der Waals surface area contributed by atoms with E-state index in [4.69, 9.17) is 4.42 Å². The Hall–Kier alpha value is -1.62. The van der Waals surface area contributed by atoms with Crippen LogP contribution in [0.3, 0.4) is 0 Å². The van der Waals surface area contributed by atoms with Crippen LogP contribution in [-0.4, -0.2) is 17.4 Å². The molecule has 5 heteroatoms. The molecule has 2 rings (SSSR count). The average molecular weight is 295 g/mol. The van der Waals surface area contributed by atoms with Crippen LogP contribution < -0.4 is 5.32 Å². The average Bonchev–Trinajstić information content (AvgIpc) is 2.77. The minimum absolute atomic E-state index is 0.209. The van der Waals surface area contributed by atoms with Crippen LogP contribution in [0.5, 0.6) is 0 Å². The van der Waals surface area contributed by atoms with Crippen molar-refractivity contribution in [3.8, 4) is 0 Å². The zero-order valence-electron chi connectivity index (χ0n) is 9.02. The predicted molar refractivity (Wildman–Crippen MR) is 66.7 cm³/mol. The third-order valence-electron chi connectivity index (χ3n) is 2.22. The SMILES string of the molecule is O=C(NCCc1cccnc1)c1ccc(Br)o1. The van der Waals surface area contributed by atoms with Gasteiger partial charge < -0.3 is 9.73 Å². The normalized spacial score (nSPS) is 10.2. The Kier molecular flexibility index (Phi) is 3.93. The summed E-state index contributed by atoms with van der Waals surface area (Å²) in [4.78, 5) is 15.6. The fourth-order valence-corrected chi connectivity index (χ4v) is 1.70. The predicted octanol–water partition coefficient (Wildman–Crippen LogP) is 2.41. The van der Waals surface area contributed by atoms with Crippen molar-refractivity contribution in [3.05, 3.63) is 52.7 Å². The molecule has 0 aliphatic carbocycles. The van der Waals surface area contributed by atoms with Crippen LogP contribution in [0, 0.1) is 0 Å². The first-order valence-electron chi connectivity index (χ1n) is 5.18. The molecule has 0 saturated heterocycles. The summed E-state index contributed by atoms with van der Waals surface area (Å²) in [5.41, 5.74) is 1.09. The highest BCUT2D eigenvalue weighted by Gasteiger charge is 2.09. The first-order valence-corrected chi connectivity index (χ1v) is 5.97. The first kappa shape index (κ1) is 11.9. The molecule has 0 atom stereocenters. The van der Waals surface area contributed by atoms with Crippen molar-refractivity contribution in [2.75, 3.05) is 6.54 Å². The minimum Gasteiger partial charge on any atom is -0.444 e. The van der Waals surface area contributed by atoms with Crippen molar-refractivity contribution in [2.24, 2.45) is 0 Å². The molecule has 0 fully saturated rings. The van der Waals surface area contributed by atoms with Crippen LogP contribution in [0.25, 0.3) is 0 Å². The molecular weight excluding hydrogens is 284 g/mol. The van der Waals surface area contributed by atoms with Crippen LogP contribution in [0.15, 0.2) is 45.7 Å². The van der Waals surface area contributed by atoms with Gasteiger partial charge in [-0.05, 0) is 46.1 Å². The highest BCUT2D eigenvalue weighted by atomic mass is 79.9. The Bertz CT molecular complexity index is 496. The van der Waals surface area contributed by atoms with Crippen molar-refractivity contribution < 1.29 is 9.21 Å². The number of carbonyl (C=O) groups is 1. The molecule has 0 unspecified atom stereocenters. The number of pyridine rings is 1. The van der Waals surface area contributed by atoms with Gasteiger partial charge in [0.05, 0.1) is 0 Å². The highest BCUT2D eigenvalue weighted by molar-refractivity contribution is 9.10. The Labute approximate surface area is 107 Å². The van der Waals surface area contributed by atoms with Crippen molar-refractivity contribution in [1.29, 1.82) is 0 Å². The van der Waals surface area contributed by atoms with E-state index in [9.17, 15) is 4.79 Å². The van der Waals surface area contributed by atoms with Crippen molar-refractivity contribution in [3.63, 3.8) is 0 Å². The van der Waals surface area contributed by atoms with Gasteiger partial charge >= 0.3 is 0 Å². The lowest BCUT2D eigenvalue weighted by Gasteiger charge is -2.02. The number of aromatic nitrogens is 1. The summed E-state index contributed by atoms with van der Waals surface area (Å²) in [7, 11) is 0. The molecule has 1 N–H and O–H groups in total. The lowest BCUT2D eigenvalue weighted by molar-refractivity contribution is 0.0925. The molecule has 2 aromatic heterocycles. The second-order valence-electron chi connectivity index (χ2n) is 3.47. The molecule has 17 heavy (non-hydrogen) atoms. The van der Waals surface area contributed by atoms with Crippen molar-refractivity contribution >= 4 is 21.8 Å². The van der Waals surface area contributed by atoms with E-state index in [2.05, 4.69) is 26.2 Å². The summed E-state index contributed by atoms with van der Waals surface area (Å²) in [6.07, 6.45) is 4.26. The summed E-state index contributed by atoms with van der Waals surface area (Å²) in [6.45, 7) is 0.558. The number of hydrogen-bond acceptors (Lipinski definition) is 3. The van der Waals surface area contributed by atoms with Gasteiger partial charge in [0.25, 0.3) is 5.91 Å². The van der Waals surface area contributed by atoms with Crippen LogP contribution in [0.4, 0.5) is 0 Å². The molecule has 0 aliphatic heterocycles. The third-order valence-corrected chi connectivity index (χ3v) is 2.65. The largest absolute Gasteiger partial charge is 0.444 e. The van der Waals surface area contributed by atoms with Gasteiger partial charge in [-0.25, -0.2) is 0 Å². The van der Waals surface area contributed by atoms with Crippen LogP contribution in [0.1, 0.15) is 16.1 Å². The fraction of sp³-hybridized carbons (Fsp3) is 0.167. The standard InChI is InChI=1S/C12H11BrN2O2/c13-11-4-3-10(17-11)12(16)15-7-5-9-2-1-6-14-8-9/h1-4,6,8H,5,7H2,(H,15,16). The molecule has 0 aliphatic rings. The van der Waals surface area contributed by atoms with E-state index < -0.39 is 0 Å². The molecule has 1 amide bonds. The number of nitrogens with zero attached hydrogens (tertiary/aromatic N) is 1. The zero-order chi connectivity index (χ0) is 12.1. The van der Waals surface area contributed by atoms with Gasteiger partial charge in [0.1, 0.15) is 0 Å². The van der Waals surface area contributed by atoms with Gasteiger partial charge in [0, 0.05) is 18.9 Å². The third kappa shape index (κ3) is 3.42. The molecule has 0 spiro atoms. The van der Waals surface area contributed by atoms with Crippen LogP contribution in [0.2, 0.25) is 0 Å². The Morgan fingerprint density at radius 1 is 1.41 bits per heavy atom. The van der Waals surface area contributed by atoms with Gasteiger partial charge in [0.15, 0.2) is 10.4 Å². The summed E-state index contributed by atoms with van der Waals surface area (Å²) in [5.74, 6) is 0.0997. The van der Waals surface area contributed by atoms with E-state index >= 15 is 0 Å². The molecule has 0 saturated carbocycles. The second kappa shape index (κ2) is 5.63. The number of nitrogens with one attached hydrogen (secondary N) is 1. The number of hydrogen-bond donors (Lipinski definition) is 1. The molecule has 0 bridgehead atoms. The quantitative estimate of drug-likeness (QED) is 0.942. The van der Waals surface area contributed by atoms with E-state index in [0.717, 1.165) is 12.0 Å². The van der Waals surface area contributed by atoms with Crippen molar-refractivity contribution in [1.82, 2.24) is 10.3 Å². The maximum absolute atomic E-state index is 11.6. The highest BCUT2D eigenvalue weighted by Crippen LogP contribution is 2.13. The summed E-state index contributed by atoms with van der Waals surface area (Å²) in [6, 6.07) is 7.17. The topological polar surface area (TPSA) is 55.1 Å². The van der Waals surface area contributed by atoms with Crippen molar-refractivity contribution in [2.45, 2.75) is 6.42 Å². The van der Waals surface area contributed by atoms with Gasteiger partial charge in [-0.1, -0.05) is 6.07 Å². The molecular formula is C12H11BrN2O2. The van der Waals surface area contributed by atoms with E-state index in [1.54, 1.807) is 24.5 Å². The van der Waals surface area contributed by atoms with E-state index in [-0.39, 0.29) is 5.91 Å². The molecule has 0 radical (unpaired) electrons. The maximum atomic E-state index is 11.6. The number of halogens is 1. The minimum atomic E-state index is -0.209. The van der Waals surface area contributed by atoms with E-state index in [1.807, 2.05) is 12.1 Å². The van der Waals surface area contributed by atoms with Gasteiger partial charge in [-0.2, -0.15) is 0 Å². The van der Waals surface area contributed by atoms with Gasteiger partial charge in [-0.15, -0.1) is 0 Å². The maximum Gasteiger partial charge on any atom is 0.287 e. The Balaban J connectivity index is 1.81. The number of carbonyl (C=O) groups excluding carboxylic acids is 1. The summed E-state index contributed by atoms with van der Waals surface area (Å²) >= 11 is 3.15.